The first kappa shape index (κ1) is 86.9. The number of ether oxygens (including phenoxy) is 2. The van der Waals surface area contributed by atoms with Crippen LogP contribution in [0.2, 0.25) is 5.02 Å². The third kappa shape index (κ3) is 18.3. The highest BCUT2D eigenvalue weighted by Crippen LogP contribution is 2.44. The lowest BCUT2D eigenvalue weighted by atomic mass is 9.95. The van der Waals surface area contributed by atoms with Crippen molar-refractivity contribution < 1.29 is 40.2 Å². The summed E-state index contributed by atoms with van der Waals surface area (Å²) in [6.45, 7) is 14.9. The summed E-state index contributed by atoms with van der Waals surface area (Å²) in [6, 6.07) is 55.3. The Balaban J connectivity index is 0.000000122. The average Bonchev–Trinajstić information content (AvgIpc) is 1.36. The van der Waals surface area contributed by atoms with Crippen molar-refractivity contribution in [3.05, 3.63) is 342 Å². The second-order valence-corrected chi connectivity index (χ2v) is 30.7. The van der Waals surface area contributed by atoms with Crippen molar-refractivity contribution in [2.24, 2.45) is 0 Å². The highest BCUT2D eigenvalue weighted by molar-refractivity contribution is 6.31. The molecule has 0 spiro atoms. The molecule has 0 saturated heterocycles. The molecule has 20 nitrogen and oxygen atoms in total. The van der Waals surface area contributed by atoms with Gasteiger partial charge in [0.25, 0.3) is 5.56 Å². The van der Waals surface area contributed by atoms with Gasteiger partial charge in [-0.2, -0.15) is 13.2 Å². The van der Waals surface area contributed by atoms with Gasteiger partial charge in [0, 0.05) is 177 Å². The van der Waals surface area contributed by atoms with Crippen LogP contribution < -0.4 is 15.0 Å². The molecule has 14 heterocycles. The quantitative estimate of drug-likeness (QED) is 0.0646. The molecule has 1 aliphatic rings. The third-order valence-corrected chi connectivity index (χ3v) is 23.0. The predicted molar refractivity (Wildman–Crippen MR) is 494 cm³/mol. The number of halogens is 8. The van der Waals surface area contributed by atoms with Crippen molar-refractivity contribution in [1.82, 2.24) is 84.4 Å². The summed E-state index contributed by atoms with van der Waals surface area (Å²) in [7, 11) is 1.54. The Morgan fingerprint density at radius 2 is 0.931 bits per heavy atom. The Morgan fingerprint density at radius 1 is 0.423 bits per heavy atom. The Hall–Kier alpha value is -15.2. The Bertz CT molecular complexity index is 7570. The SMILES string of the molecule is CCN(CC)CCOc1ccc(-c2cc(-c3cc(F)ccc3F)nc3ncccc23)c2ccncc12.CCN(CC)CCn1cc(-c2cc(-c3cc(Cl)ccc3F)nc3ncccc23)c2ccncc2c1=O.COc1nnc(-c2cc(-c3ccccc3F)nc3ncccc23)c2ccncc12.FC(F)(F)c1ccc(-c2cc(C3=CCc4ncccc43)c3cccnc3n2)cc1. The van der Waals surface area contributed by atoms with E-state index < -0.39 is 29.2 Å². The van der Waals surface area contributed by atoms with Crippen molar-refractivity contribution >= 4 is 93.6 Å². The van der Waals surface area contributed by atoms with Crippen LogP contribution in [0.5, 0.6) is 11.6 Å². The Kier molecular flexibility index (Phi) is 25.8. The number of allylic oxidation sites excluding steroid dienone is 1. The molecular formula is C102H79ClF7N17O3. The van der Waals surface area contributed by atoms with E-state index in [4.69, 9.17) is 21.1 Å². The van der Waals surface area contributed by atoms with Crippen molar-refractivity contribution in [2.45, 2.75) is 46.8 Å². The number of benzene rings is 5. The molecule has 0 fully saturated rings. The fraction of sp³-hybridized carbons (Fsp3) is 0.147. The van der Waals surface area contributed by atoms with E-state index in [1.54, 1.807) is 103 Å². The van der Waals surface area contributed by atoms with Gasteiger partial charge in [-0.05, 0) is 229 Å². The number of hydrogen-bond donors (Lipinski definition) is 0. The van der Waals surface area contributed by atoms with Crippen LogP contribution in [-0.4, -0.2) is 137 Å². The number of nitrogens with zero attached hydrogens (tertiary/aromatic N) is 17. The fourth-order valence-electron chi connectivity index (χ4n) is 16.0. The monoisotopic (exact) mass is 1760 g/mol. The normalized spacial score (nSPS) is 11.9. The summed E-state index contributed by atoms with van der Waals surface area (Å²) in [6.07, 6.45) is 18.9. The van der Waals surface area contributed by atoms with E-state index in [-0.39, 0.29) is 22.5 Å². The van der Waals surface area contributed by atoms with Gasteiger partial charge in [-0.15, -0.1) is 10.2 Å². The number of methoxy groups -OCH3 is 1. The van der Waals surface area contributed by atoms with Crippen molar-refractivity contribution in [2.75, 3.05) is 53.0 Å². The van der Waals surface area contributed by atoms with Gasteiger partial charge in [0.05, 0.1) is 51.9 Å². The van der Waals surface area contributed by atoms with E-state index in [9.17, 15) is 35.5 Å². The molecule has 20 rings (SSSR count). The zero-order valence-corrected chi connectivity index (χ0v) is 71.5. The molecule has 0 N–H and O–H groups in total. The van der Waals surface area contributed by atoms with Crippen LogP contribution in [0.1, 0.15) is 50.1 Å². The smallest absolute Gasteiger partial charge is 0.416 e. The molecule has 0 unspecified atom stereocenters. The first-order chi connectivity index (χ1) is 63.3. The maximum absolute atomic E-state index is 14.8. The summed E-state index contributed by atoms with van der Waals surface area (Å²) in [5, 5.41) is 17.0. The number of likely N-dealkylation sites (N-methyl/N-ethyl adjacent to an activating group) is 2. The molecule has 0 saturated carbocycles. The number of pyridine rings is 13. The molecule has 646 valence electrons. The second kappa shape index (κ2) is 38.6. The molecule has 5 aromatic carbocycles. The van der Waals surface area contributed by atoms with Crippen LogP contribution in [0.3, 0.4) is 0 Å². The maximum atomic E-state index is 14.8. The van der Waals surface area contributed by atoms with Gasteiger partial charge in [0.15, 0.2) is 22.6 Å². The van der Waals surface area contributed by atoms with Crippen molar-refractivity contribution in [1.29, 1.82) is 0 Å². The lowest BCUT2D eigenvalue weighted by Crippen LogP contribution is -2.31. The van der Waals surface area contributed by atoms with E-state index in [1.807, 2.05) is 115 Å². The van der Waals surface area contributed by atoms with Gasteiger partial charge in [0.1, 0.15) is 41.3 Å². The van der Waals surface area contributed by atoms with E-state index in [0.29, 0.717) is 91.6 Å². The summed E-state index contributed by atoms with van der Waals surface area (Å²) in [5.41, 5.74) is 13.2. The standard InChI is InChI=1S/C29H26F2N4O.C28H25ClFN5O.C23H14F3N3.C22H14FN5O/c1-3-35(4-2)14-15-36-28-10-8-20(21-11-13-32-18-25(21)28)23-17-27(24-16-19(30)7-9-26(24)31)34-29-22(23)6-5-12-33-29;1-3-34(4-2)12-13-35-17-24(19-9-11-31-16-23(19)28(35)36)21-15-26(22-14-18(29)7-8-25(22)30)33-27-20(21)6-5-10-32-27;24-23(25,26)15-7-5-14(6-8-15)21-13-19(18-4-2-12-28-22(18)29-21)16-9-10-20-17(16)3-1-11-27-20;1-29-22-17-12-24-10-8-13(17)20(27-28-22)16-11-19(15-5-2-3-7-18(15)23)26-21-14(16)6-4-9-25-21/h5-13,16-18H,3-4,14-15H2,1-2H3;5-11,14-17H,3-4,12-13H2,1-2H3;1-9,11-13H,10H2;2-12H,1H3. The summed E-state index contributed by atoms with van der Waals surface area (Å²) in [5.74, 6) is -0.707. The van der Waals surface area contributed by atoms with E-state index in [0.717, 1.165) is 180 Å². The van der Waals surface area contributed by atoms with Crippen LogP contribution in [0, 0.1) is 23.3 Å². The molecule has 28 heteroatoms. The minimum atomic E-state index is -4.37. The minimum absolute atomic E-state index is 0.0890. The molecular weight excluding hydrogens is 1680 g/mol. The lowest BCUT2D eigenvalue weighted by Gasteiger charge is -2.20. The Labute approximate surface area is 745 Å². The van der Waals surface area contributed by atoms with Gasteiger partial charge in [-0.25, -0.2) is 57.4 Å². The number of alkyl halides is 3. The maximum Gasteiger partial charge on any atom is 0.416 e. The highest BCUT2D eigenvalue weighted by Gasteiger charge is 2.31. The predicted octanol–water partition coefficient (Wildman–Crippen LogP) is 22.5. The van der Waals surface area contributed by atoms with Crippen molar-refractivity contribution in [3.63, 3.8) is 0 Å². The van der Waals surface area contributed by atoms with Gasteiger partial charge >= 0.3 is 6.18 Å². The molecule has 0 aliphatic heterocycles. The van der Waals surface area contributed by atoms with Gasteiger partial charge in [0.2, 0.25) is 5.88 Å². The van der Waals surface area contributed by atoms with E-state index in [1.165, 1.54) is 37.4 Å². The van der Waals surface area contributed by atoms with E-state index >= 15 is 0 Å². The molecule has 130 heavy (non-hydrogen) atoms. The third-order valence-electron chi connectivity index (χ3n) is 22.7. The minimum Gasteiger partial charge on any atom is -0.492 e. The fourth-order valence-corrected chi connectivity index (χ4v) is 16.2. The molecule has 0 bridgehead atoms. The molecule has 0 radical (unpaired) electrons. The second-order valence-electron chi connectivity index (χ2n) is 30.2. The summed E-state index contributed by atoms with van der Waals surface area (Å²) < 4.78 is 110. The zero-order chi connectivity index (χ0) is 90.1. The largest absolute Gasteiger partial charge is 0.492 e. The summed E-state index contributed by atoms with van der Waals surface area (Å²) in [4.78, 5) is 71.0. The number of fused-ring (bicyclic) bond motifs is 8. The first-order valence-corrected chi connectivity index (χ1v) is 42.3. The van der Waals surface area contributed by atoms with Gasteiger partial charge in [-0.1, -0.05) is 81.8 Å². The van der Waals surface area contributed by atoms with Crippen LogP contribution in [0.4, 0.5) is 30.7 Å². The number of hydrogen-bond acceptors (Lipinski definition) is 19. The summed E-state index contributed by atoms with van der Waals surface area (Å²) >= 11 is 6.18. The number of aromatic nitrogens is 15. The first-order valence-electron chi connectivity index (χ1n) is 41.9. The van der Waals surface area contributed by atoms with Crippen LogP contribution in [-0.2, 0) is 19.1 Å². The van der Waals surface area contributed by atoms with Gasteiger partial charge in [-0.3, -0.25) is 24.7 Å². The highest BCUT2D eigenvalue weighted by atomic mass is 35.5. The molecule has 14 aromatic heterocycles. The topological polar surface area (TPSA) is 227 Å². The average molecular weight is 1760 g/mol. The van der Waals surface area contributed by atoms with Crippen LogP contribution in [0.15, 0.2) is 285 Å². The zero-order valence-electron chi connectivity index (χ0n) is 70.8. The van der Waals surface area contributed by atoms with E-state index in [2.05, 4.69) is 114 Å². The van der Waals surface area contributed by atoms with Crippen LogP contribution in [0.25, 0.3) is 161 Å². The van der Waals surface area contributed by atoms with Gasteiger partial charge < -0.3 is 23.8 Å². The molecule has 0 amide bonds. The molecule has 1 aliphatic carbocycles. The molecule has 0 atom stereocenters. The molecule has 19 aromatic rings. The number of rotatable bonds is 20. The Morgan fingerprint density at radius 3 is 1.55 bits per heavy atom. The van der Waals surface area contributed by atoms with Crippen LogP contribution >= 0.6 is 11.6 Å². The van der Waals surface area contributed by atoms with Crippen molar-refractivity contribution in [3.8, 4) is 90.2 Å². The lowest BCUT2D eigenvalue weighted by molar-refractivity contribution is -0.137.